The highest BCUT2D eigenvalue weighted by Crippen LogP contribution is 2.30. The summed E-state index contributed by atoms with van der Waals surface area (Å²) in [6.07, 6.45) is 1.67. The van der Waals surface area contributed by atoms with Crippen LogP contribution in [0.2, 0.25) is 5.02 Å². The third-order valence-electron chi connectivity index (χ3n) is 5.05. The highest BCUT2D eigenvalue weighted by Gasteiger charge is 2.29. The predicted molar refractivity (Wildman–Crippen MR) is 119 cm³/mol. The highest BCUT2D eigenvalue weighted by atomic mass is 35.5. The Morgan fingerprint density at radius 3 is 2.53 bits per heavy atom. The lowest BCUT2D eigenvalue weighted by molar-refractivity contribution is -0.118. The van der Waals surface area contributed by atoms with Crippen LogP contribution >= 0.6 is 11.6 Å². The van der Waals surface area contributed by atoms with Crippen molar-refractivity contribution in [3.8, 4) is 5.75 Å². The molecule has 0 spiro atoms. The van der Waals surface area contributed by atoms with Crippen LogP contribution in [0, 0.1) is 6.92 Å². The number of nitrogens with zero attached hydrogens (tertiary/aromatic N) is 1. The Morgan fingerprint density at radius 2 is 1.87 bits per heavy atom. The third kappa shape index (κ3) is 5.14. The molecule has 0 bridgehead atoms. The van der Waals surface area contributed by atoms with E-state index in [0.717, 1.165) is 24.0 Å². The average Bonchev–Trinajstić information content (AvgIpc) is 3.23. The second-order valence-corrected chi connectivity index (χ2v) is 10.1. The van der Waals surface area contributed by atoms with Crippen LogP contribution in [0.3, 0.4) is 0 Å². The number of halogens is 1. The van der Waals surface area contributed by atoms with Gasteiger partial charge in [-0.25, -0.2) is 8.42 Å². The number of anilines is 1. The summed E-state index contributed by atoms with van der Waals surface area (Å²) in [5, 5.41) is 2.84. The number of benzene rings is 2. The van der Waals surface area contributed by atoms with E-state index in [4.69, 9.17) is 16.3 Å². The van der Waals surface area contributed by atoms with Crippen molar-refractivity contribution in [1.29, 1.82) is 0 Å². The van der Waals surface area contributed by atoms with Crippen molar-refractivity contribution in [2.75, 3.05) is 25.0 Å². The number of rotatable bonds is 7. The fourth-order valence-corrected chi connectivity index (χ4v) is 5.45. The first-order valence-corrected chi connectivity index (χ1v) is 11.8. The summed E-state index contributed by atoms with van der Waals surface area (Å²) in [6, 6.07) is 10.4. The lowest BCUT2D eigenvalue weighted by Gasteiger charge is -2.17. The van der Waals surface area contributed by atoms with Gasteiger partial charge in [-0.05, 0) is 61.1 Å². The maximum atomic E-state index is 12.8. The molecule has 162 valence electrons. The first-order valence-electron chi connectivity index (χ1n) is 10.0. The molecule has 1 aliphatic heterocycles. The van der Waals surface area contributed by atoms with Gasteiger partial charge in [0.1, 0.15) is 10.6 Å². The first-order chi connectivity index (χ1) is 14.2. The van der Waals surface area contributed by atoms with E-state index in [0.29, 0.717) is 24.5 Å². The number of hydrogen-bond donors (Lipinski definition) is 1. The minimum atomic E-state index is -3.68. The van der Waals surface area contributed by atoms with Crippen molar-refractivity contribution < 1.29 is 17.9 Å². The Labute approximate surface area is 183 Å². The van der Waals surface area contributed by atoms with Crippen LogP contribution in [-0.2, 0) is 14.8 Å². The number of hydrogen-bond acceptors (Lipinski definition) is 4. The molecule has 6 nitrogen and oxygen atoms in total. The van der Waals surface area contributed by atoms with E-state index in [2.05, 4.69) is 19.2 Å². The molecule has 0 saturated carbocycles. The Hall–Kier alpha value is -2.09. The van der Waals surface area contributed by atoms with Crippen LogP contribution in [0.15, 0.2) is 41.3 Å². The van der Waals surface area contributed by atoms with Gasteiger partial charge in [-0.1, -0.05) is 37.6 Å². The fourth-order valence-electron chi connectivity index (χ4n) is 3.43. The summed E-state index contributed by atoms with van der Waals surface area (Å²) in [5.41, 5.74) is 2.43. The number of ether oxygens (including phenoxy) is 1. The van der Waals surface area contributed by atoms with E-state index >= 15 is 0 Å². The molecule has 1 heterocycles. The van der Waals surface area contributed by atoms with Gasteiger partial charge in [-0.15, -0.1) is 0 Å². The largest absolute Gasteiger partial charge is 0.483 e. The van der Waals surface area contributed by atoms with Crippen LogP contribution in [0.5, 0.6) is 5.75 Å². The maximum Gasteiger partial charge on any atom is 0.262 e. The van der Waals surface area contributed by atoms with Crippen LogP contribution in [0.4, 0.5) is 5.69 Å². The lowest BCUT2D eigenvalue weighted by atomic mass is 10.0. The molecule has 0 aliphatic carbocycles. The number of carbonyl (C=O) groups excluding carboxylic acids is 1. The smallest absolute Gasteiger partial charge is 0.262 e. The van der Waals surface area contributed by atoms with E-state index in [1.807, 2.05) is 25.1 Å². The molecule has 0 atom stereocenters. The SMILES string of the molecule is Cc1ccc(C(C)C)c(OCC(=O)Nc2ccc(Cl)c(S(=O)(=O)N3CCCC3)c2)c1. The van der Waals surface area contributed by atoms with Gasteiger partial charge in [0.25, 0.3) is 5.91 Å². The Morgan fingerprint density at radius 1 is 1.17 bits per heavy atom. The van der Waals surface area contributed by atoms with Gasteiger partial charge in [0.15, 0.2) is 6.61 Å². The highest BCUT2D eigenvalue weighted by molar-refractivity contribution is 7.89. The van der Waals surface area contributed by atoms with Gasteiger partial charge in [-0.3, -0.25) is 4.79 Å². The number of sulfonamides is 1. The normalized spacial score (nSPS) is 14.8. The molecule has 1 saturated heterocycles. The van der Waals surface area contributed by atoms with Gasteiger partial charge in [0.2, 0.25) is 10.0 Å². The molecule has 1 aliphatic rings. The molecule has 1 amide bonds. The zero-order valence-electron chi connectivity index (χ0n) is 17.4. The molecule has 2 aromatic carbocycles. The summed E-state index contributed by atoms with van der Waals surface area (Å²) in [5.74, 6) is 0.560. The second kappa shape index (κ2) is 9.37. The fraction of sp³-hybridized carbons (Fsp3) is 0.409. The topological polar surface area (TPSA) is 75.7 Å². The molecular weight excluding hydrogens is 424 g/mol. The molecule has 1 N–H and O–H groups in total. The molecule has 0 aromatic heterocycles. The summed E-state index contributed by atoms with van der Waals surface area (Å²) < 4.78 is 32.9. The second-order valence-electron chi connectivity index (χ2n) is 7.79. The first kappa shape index (κ1) is 22.6. The van der Waals surface area contributed by atoms with Crippen molar-refractivity contribution in [3.63, 3.8) is 0 Å². The van der Waals surface area contributed by atoms with E-state index in [1.54, 1.807) is 6.07 Å². The molecule has 0 unspecified atom stereocenters. The third-order valence-corrected chi connectivity index (χ3v) is 7.43. The minimum absolute atomic E-state index is 0.00515. The predicted octanol–water partition coefficient (Wildman–Crippen LogP) is 4.57. The van der Waals surface area contributed by atoms with Crippen molar-refractivity contribution in [1.82, 2.24) is 4.31 Å². The van der Waals surface area contributed by atoms with Gasteiger partial charge >= 0.3 is 0 Å². The van der Waals surface area contributed by atoms with E-state index in [-0.39, 0.29) is 28.4 Å². The standard InChI is InChI=1S/C22H27ClN2O4S/c1-15(2)18-8-6-16(3)12-20(18)29-14-22(26)24-17-7-9-19(23)21(13-17)30(27,28)25-10-4-5-11-25/h6-9,12-13,15H,4-5,10-11,14H2,1-3H3,(H,24,26). The van der Waals surface area contributed by atoms with Gasteiger partial charge in [0.05, 0.1) is 5.02 Å². The van der Waals surface area contributed by atoms with Gasteiger partial charge in [0, 0.05) is 18.8 Å². The van der Waals surface area contributed by atoms with Gasteiger partial charge < -0.3 is 10.1 Å². The molecule has 3 rings (SSSR count). The Bertz CT molecular complexity index is 1030. The van der Waals surface area contributed by atoms with Crippen molar-refractivity contribution in [3.05, 3.63) is 52.5 Å². The maximum absolute atomic E-state index is 12.8. The summed E-state index contributed by atoms with van der Waals surface area (Å²) in [4.78, 5) is 12.4. The number of nitrogens with one attached hydrogen (secondary N) is 1. The number of amides is 1. The monoisotopic (exact) mass is 450 g/mol. The Kier molecular flexibility index (Phi) is 7.06. The van der Waals surface area contributed by atoms with Crippen LogP contribution in [0.25, 0.3) is 0 Å². The van der Waals surface area contributed by atoms with Crippen molar-refractivity contribution in [2.24, 2.45) is 0 Å². The number of aryl methyl sites for hydroxylation is 1. The lowest BCUT2D eigenvalue weighted by Crippen LogP contribution is -2.28. The van der Waals surface area contributed by atoms with E-state index < -0.39 is 10.0 Å². The van der Waals surface area contributed by atoms with E-state index in [9.17, 15) is 13.2 Å². The molecule has 8 heteroatoms. The summed E-state index contributed by atoms with van der Waals surface area (Å²) in [7, 11) is -3.68. The number of carbonyl (C=O) groups is 1. The van der Waals surface area contributed by atoms with Crippen LogP contribution in [-0.4, -0.2) is 38.3 Å². The van der Waals surface area contributed by atoms with E-state index in [1.165, 1.54) is 16.4 Å². The summed E-state index contributed by atoms with van der Waals surface area (Å²) >= 11 is 6.16. The van der Waals surface area contributed by atoms with Gasteiger partial charge in [-0.2, -0.15) is 4.31 Å². The molecule has 2 aromatic rings. The van der Waals surface area contributed by atoms with Crippen molar-refractivity contribution >= 4 is 33.2 Å². The molecule has 0 radical (unpaired) electrons. The quantitative estimate of drug-likeness (QED) is 0.670. The zero-order valence-corrected chi connectivity index (χ0v) is 19.0. The molecule has 1 fully saturated rings. The Balaban J connectivity index is 1.71. The minimum Gasteiger partial charge on any atom is -0.483 e. The van der Waals surface area contributed by atoms with Crippen LogP contribution in [0.1, 0.15) is 43.7 Å². The average molecular weight is 451 g/mol. The van der Waals surface area contributed by atoms with Crippen LogP contribution < -0.4 is 10.1 Å². The summed E-state index contributed by atoms with van der Waals surface area (Å²) in [6.45, 7) is 6.88. The molecular formula is C22H27ClN2O4S. The molecule has 30 heavy (non-hydrogen) atoms. The van der Waals surface area contributed by atoms with Crippen molar-refractivity contribution in [2.45, 2.75) is 44.4 Å². The zero-order chi connectivity index (χ0) is 21.9.